The van der Waals surface area contributed by atoms with Crippen molar-refractivity contribution in [2.24, 2.45) is 0 Å². The lowest BCUT2D eigenvalue weighted by Crippen LogP contribution is -2.43. The number of carbonyl (C=O) groups is 1. The first kappa shape index (κ1) is 16.0. The van der Waals surface area contributed by atoms with Crippen LogP contribution in [-0.2, 0) is 14.8 Å². The molecule has 1 N–H and O–H groups in total. The minimum Gasteiger partial charge on any atom is -0.454 e. The van der Waals surface area contributed by atoms with E-state index in [0.29, 0.717) is 43.4 Å². The number of benzene rings is 1. The summed E-state index contributed by atoms with van der Waals surface area (Å²) in [5.74, 6) is 0.624. The van der Waals surface area contributed by atoms with Gasteiger partial charge in [-0.1, -0.05) is 0 Å². The predicted octanol–water partition coefficient (Wildman–Crippen LogP) is -0.193. The van der Waals surface area contributed by atoms with Crippen LogP contribution in [-0.4, -0.2) is 64.0 Å². The quantitative estimate of drug-likeness (QED) is 0.797. The van der Waals surface area contributed by atoms with E-state index in [1.54, 1.807) is 18.2 Å². The topological polar surface area (TPSA) is 94.2 Å². The molecule has 126 valence electrons. The van der Waals surface area contributed by atoms with Crippen molar-refractivity contribution in [1.82, 2.24) is 9.62 Å². The van der Waals surface area contributed by atoms with E-state index in [1.165, 1.54) is 4.31 Å². The number of hydrogen-bond donors (Lipinski definition) is 1. The van der Waals surface area contributed by atoms with E-state index in [4.69, 9.17) is 14.2 Å². The lowest BCUT2D eigenvalue weighted by molar-refractivity contribution is 0.0730. The van der Waals surface area contributed by atoms with Gasteiger partial charge in [-0.15, -0.1) is 0 Å². The molecule has 8 nitrogen and oxygen atoms in total. The van der Waals surface area contributed by atoms with Gasteiger partial charge in [0.05, 0.1) is 19.0 Å². The highest BCUT2D eigenvalue weighted by Gasteiger charge is 2.24. The fourth-order valence-corrected chi connectivity index (χ4v) is 3.71. The third-order valence-corrected chi connectivity index (χ3v) is 5.52. The molecule has 0 bridgehead atoms. The second-order valence-corrected chi connectivity index (χ2v) is 7.24. The molecule has 2 aliphatic rings. The van der Waals surface area contributed by atoms with Crippen LogP contribution in [0.5, 0.6) is 11.5 Å². The fraction of sp³-hybridized carbons (Fsp3) is 0.500. The molecule has 0 aromatic heterocycles. The molecule has 1 aromatic rings. The van der Waals surface area contributed by atoms with Crippen LogP contribution in [0.2, 0.25) is 0 Å². The van der Waals surface area contributed by atoms with Crippen molar-refractivity contribution in [3.8, 4) is 11.5 Å². The van der Waals surface area contributed by atoms with Crippen LogP contribution >= 0.6 is 0 Å². The van der Waals surface area contributed by atoms with Crippen molar-refractivity contribution < 1.29 is 27.4 Å². The summed E-state index contributed by atoms with van der Waals surface area (Å²) in [6.07, 6.45) is 0. The number of sulfonamides is 1. The molecule has 3 rings (SSSR count). The molecule has 0 unspecified atom stereocenters. The Kier molecular flexibility index (Phi) is 4.69. The minimum atomic E-state index is -3.38. The Labute approximate surface area is 134 Å². The predicted molar refractivity (Wildman–Crippen MR) is 81.1 cm³/mol. The molecule has 9 heteroatoms. The van der Waals surface area contributed by atoms with E-state index in [9.17, 15) is 13.2 Å². The molecule has 0 radical (unpaired) electrons. The first-order chi connectivity index (χ1) is 11.1. The highest BCUT2D eigenvalue weighted by atomic mass is 32.2. The number of hydrogen-bond acceptors (Lipinski definition) is 6. The van der Waals surface area contributed by atoms with Crippen LogP contribution in [0.4, 0.5) is 0 Å². The maximum absolute atomic E-state index is 12.1. The number of amides is 1. The van der Waals surface area contributed by atoms with Gasteiger partial charge in [0.1, 0.15) is 0 Å². The molecular weight excluding hydrogens is 324 g/mol. The molecule has 1 amide bonds. The van der Waals surface area contributed by atoms with Gasteiger partial charge >= 0.3 is 0 Å². The Balaban J connectivity index is 1.53. The van der Waals surface area contributed by atoms with E-state index < -0.39 is 10.0 Å². The smallest absolute Gasteiger partial charge is 0.251 e. The van der Waals surface area contributed by atoms with Gasteiger partial charge in [-0.05, 0) is 18.2 Å². The largest absolute Gasteiger partial charge is 0.454 e. The zero-order valence-corrected chi connectivity index (χ0v) is 13.3. The van der Waals surface area contributed by atoms with Crippen molar-refractivity contribution in [3.05, 3.63) is 23.8 Å². The third-order valence-electron chi connectivity index (χ3n) is 3.64. The van der Waals surface area contributed by atoms with Crippen LogP contribution in [0.15, 0.2) is 18.2 Å². The SMILES string of the molecule is O=C(NCCS(=O)(=O)N1CCOCC1)c1ccc2c(c1)OCO2. The van der Waals surface area contributed by atoms with Crippen LogP contribution < -0.4 is 14.8 Å². The van der Waals surface area contributed by atoms with Crippen molar-refractivity contribution in [2.75, 3.05) is 45.4 Å². The first-order valence-corrected chi connectivity index (χ1v) is 8.90. The summed E-state index contributed by atoms with van der Waals surface area (Å²) in [6, 6.07) is 4.84. The summed E-state index contributed by atoms with van der Waals surface area (Å²) < 4.78 is 41.2. The van der Waals surface area contributed by atoms with Crippen molar-refractivity contribution >= 4 is 15.9 Å². The lowest BCUT2D eigenvalue weighted by atomic mass is 10.2. The summed E-state index contributed by atoms with van der Waals surface area (Å²) in [7, 11) is -3.38. The number of carbonyl (C=O) groups excluding carboxylic acids is 1. The standard InChI is InChI=1S/C14H18N2O6S/c17-14(11-1-2-12-13(9-11)22-10-21-12)15-3-8-23(18,19)16-4-6-20-7-5-16/h1-2,9H,3-8,10H2,(H,15,17). The molecule has 1 saturated heterocycles. The van der Waals surface area contributed by atoms with E-state index in [-0.39, 0.29) is 25.0 Å². The Morgan fingerprint density at radius 3 is 2.70 bits per heavy atom. The minimum absolute atomic E-state index is 0.0486. The van der Waals surface area contributed by atoms with Crippen LogP contribution in [0.1, 0.15) is 10.4 Å². The Morgan fingerprint density at radius 1 is 1.17 bits per heavy atom. The van der Waals surface area contributed by atoms with Gasteiger partial charge in [-0.3, -0.25) is 4.79 Å². The van der Waals surface area contributed by atoms with Crippen LogP contribution in [0.25, 0.3) is 0 Å². The van der Waals surface area contributed by atoms with Gasteiger partial charge in [-0.2, -0.15) is 4.31 Å². The zero-order valence-electron chi connectivity index (χ0n) is 12.5. The van der Waals surface area contributed by atoms with Crippen LogP contribution in [0.3, 0.4) is 0 Å². The van der Waals surface area contributed by atoms with E-state index >= 15 is 0 Å². The second-order valence-electron chi connectivity index (χ2n) is 5.15. The van der Waals surface area contributed by atoms with Gasteiger partial charge in [0.2, 0.25) is 16.8 Å². The van der Waals surface area contributed by atoms with E-state index in [1.807, 2.05) is 0 Å². The van der Waals surface area contributed by atoms with Crippen LogP contribution in [0, 0.1) is 0 Å². The van der Waals surface area contributed by atoms with E-state index in [2.05, 4.69) is 5.32 Å². The second kappa shape index (κ2) is 6.73. The van der Waals surface area contributed by atoms with Crippen molar-refractivity contribution in [1.29, 1.82) is 0 Å². The van der Waals surface area contributed by atoms with Crippen molar-refractivity contribution in [2.45, 2.75) is 0 Å². The average molecular weight is 342 g/mol. The van der Waals surface area contributed by atoms with E-state index in [0.717, 1.165) is 0 Å². The van der Waals surface area contributed by atoms with Gasteiger partial charge in [0, 0.05) is 25.2 Å². The molecule has 0 atom stereocenters. The zero-order chi connectivity index (χ0) is 16.3. The highest BCUT2D eigenvalue weighted by Crippen LogP contribution is 2.32. The number of rotatable bonds is 5. The van der Waals surface area contributed by atoms with Crippen molar-refractivity contribution in [3.63, 3.8) is 0 Å². The summed E-state index contributed by atoms with van der Waals surface area (Å²) >= 11 is 0. The number of fused-ring (bicyclic) bond motifs is 1. The average Bonchev–Trinajstić information content (AvgIpc) is 3.03. The Hall–Kier alpha value is -1.84. The normalized spacial score (nSPS) is 17.9. The fourth-order valence-electron chi connectivity index (χ4n) is 2.39. The summed E-state index contributed by atoms with van der Waals surface area (Å²) in [4.78, 5) is 12.1. The maximum atomic E-state index is 12.1. The van der Waals surface area contributed by atoms with Gasteiger partial charge < -0.3 is 19.5 Å². The number of ether oxygens (including phenoxy) is 3. The van der Waals surface area contributed by atoms with Gasteiger partial charge in [-0.25, -0.2) is 8.42 Å². The molecule has 23 heavy (non-hydrogen) atoms. The van der Waals surface area contributed by atoms with Gasteiger partial charge in [0.15, 0.2) is 11.5 Å². The molecule has 1 aromatic carbocycles. The number of nitrogens with one attached hydrogen (secondary N) is 1. The number of morpholine rings is 1. The summed E-state index contributed by atoms with van der Waals surface area (Å²) in [6.45, 7) is 1.72. The molecule has 2 aliphatic heterocycles. The molecule has 0 saturated carbocycles. The Morgan fingerprint density at radius 2 is 1.91 bits per heavy atom. The molecule has 0 spiro atoms. The highest BCUT2D eigenvalue weighted by molar-refractivity contribution is 7.89. The molecule has 1 fully saturated rings. The molecule has 0 aliphatic carbocycles. The lowest BCUT2D eigenvalue weighted by Gasteiger charge is -2.26. The first-order valence-electron chi connectivity index (χ1n) is 7.30. The van der Waals surface area contributed by atoms with Gasteiger partial charge in [0.25, 0.3) is 5.91 Å². The number of nitrogens with zero attached hydrogens (tertiary/aromatic N) is 1. The summed E-state index contributed by atoms with van der Waals surface area (Å²) in [5.41, 5.74) is 0.401. The monoisotopic (exact) mass is 342 g/mol. The molecular formula is C14H18N2O6S. The Bertz CT molecular complexity index is 685. The molecule has 2 heterocycles. The third kappa shape index (κ3) is 3.74. The summed E-state index contributed by atoms with van der Waals surface area (Å²) in [5, 5.41) is 2.61. The maximum Gasteiger partial charge on any atom is 0.251 e.